The van der Waals surface area contributed by atoms with Crippen molar-refractivity contribution in [3.63, 3.8) is 0 Å². The van der Waals surface area contributed by atoms with Gasteiger partial charge in [-0.25, -0.2) is 0 Å². The van der Waals surface area contributed by atoms with Crippen LogP contribution < -0.4 is 16.0 Å². The number of esters is 1. The van der Waals surface area contributed by atoms with Gasteiger partial charge in [-0.3, -0.25) is 19.2 Å². The Bertz CT molecular complexity index is 907. The predicted molar refractivity (Wildman–Crippen MR) is 119 cm³/mol. The molecule has 0 saturated heterocycles. The SMILES string of the molecule is Cc1cccc(C)c1NC(=O)CNC(=O)C(C)OC(=O)CCCNC(=O)c1ccsc1. The number of nitrogens with one attached hydrogen (secondary N) is 3. The first-order valence-electron chi connectivity index (χ1n) is 9.91. The van der Waals surface area contributed by atoms with Crippen LogP contribution in [0.5, 0.6) is 0 Å². The second-order valence-electron chi connectivity index (χ2n) is 7.04. The first-order valence-corrected chi connectivity index (χ1v) is 10.9. The summed E-state index contributed by atoms with van der Waals surface area (Å²) in [6.07, 6.45) is -0.573. The van der Waals surface area contributed by atoms with Gasteiger partial charge in [0, 0.05) is 29.6 Å². The van der Waals surface area contributed by atoms with Gasteiger partial charge in [-0.2, -0.15) is 11.3 Å². The highest BCUT2D eigenvalue weighted by Gasteiger charge is 2.18. The van der Waals surface area contributed by atoms with Crippen molar-refractivity contribution in [1.82, 2.24) is 10.6 Å². The zero-order valence-corrected chi connectivity index (χ0v) is 18.6. The molecule has 0 radical (unpaired) electrons. The Morgan fingerprint density at radius 3 is 2.42 bits per heavy atom. The molecule has 0 aliphatic rings. The van der Waals surface area contributed by atoms with Gasteiger partial charge in [0.15, 0.2) is 6.10 Å². The number of benzene rings is 1. The highest BCUT2D eigenvalue weighted by molar-refractivity contribution is 7.08. The molecule has 31 heavy (non-hydrogen) atoms. The molecule has 8 nitrogen and oxygen atoms in total. The molecule has 1 aromatic carbocycles. The molecule has 0 saturated carbocycles. The predicted octanol–water partition coefficient (Wildman–Crippen LogP) is 2.56. The molecule has 3 amide bonds. The summed E-state index contributed by atoms with van der Waals surface area (Å²) in [6.45, 7) is 5.30. The van der Waals surface area contributed by atoms with Crippen molar-refractivity contribution in [2.75, 3.05) is 18.4 Å². The fourth-order valence-electron chi connectivity index (χ4n) is 2.75. The van der Waals surface area contributed by atoms with Gasteiger partial charge in [-0.15, -0.1) is 0 Å². The molecular formula is C22H27N3O5S. The van der Waals surface area contributed by atoms with Gasteiger partial charge in [0.25, 0.3) is 11.8 Å². The zero-order valence-electron chi connectivity index (χ0n) is 17.8. The fraction of sp³-hybridized carbons (Fsp3) is 0.364. The van der Waals surface area contributed by atoms with E-state index in [1.165, 1.54) is 18.3 Å². The van der Waals surface area contributed by atoms with Crippen LogP contribution in [0.1, 0.15) is 41.3 Å². The van der Waals surface area contributed by atoms with Crippen LogP contribution in [0.25, 0.3) is 0 Å². The van der Waals surface area contributed by atoms with Crippen molar-refractivity contribution in [2.24, 2.45) is 0 Å². The minimum absolute atomic E-state index is 0.0641. The summed E-state index contributed by atoms with van der Waals surface area (Å²) < 4.78 is 5.09. The molecule has 3 N–H and O–H groups in total. The third-order valence-electron chi connectivity index (χ3n) is 4.47. The molecular weight excluding hydrogens is 418 g/mol. The number of hydrogen-bond acceptors (Lipinski definition) is 6. The smallest absolute Gasteiger partial charge is 0.306 e. The average molecular weight is 446 g/mol. The third-order valence-corrected chi connectivity index (χ3v) is 5.16. The maximum absolute atomic E-state index is 12.1. The maximum Gasteiger partial charge on any atom is 0.306 e. The molecule has 2 aromatic rings. The fourth-order valence-corrected chi connectivity index (χ4v) is 3.38. The Labute approximate surface area is 185 Å². The van der Waals surface area contributed by atoms with Gasteiger partial charge in [0.05, 0.1) is 6.54 Å². The Hall–Kier alpha value is -3.20. The van der Waals surface area contributed by atoms with Crippen LogP contribution in [0.15, 0.2) is 35.0 Å². The van der Waals surface area contributed by atoms with Crippen molar-refractivity contribution < 1.29 is 23.9 Å². The summed E-state index contributed by atoms with van der Waals surface area (Å²) in [4.78, 5) is 47.9. The molecule has 0 spiro atoms. The Morgan fingerprint density at radius 2 is 1.77 bits per heavy atom. The molecule has 2 rings (SSSR count). The van der Waals surface area contributed by atoms with Crippen molar-refractivity contribution in [3.05, 3.63) is 51.7 Å². The van der Waals surface area contributed by atoms with Crippen LogP contribution in [-0.2, 0) is 19.1 Å². The van der Waals surface area contributed by atoms with E-state index in [2.05, 4.69) is 16.0 Å². The summed E-state index contributed by atoms with van der Waals surface area (Å²) in [7, 11) is 0. The van der Waals surface area contributed by atoms with Crippen molar-refractivity contribution in [3.8, 4) is 0 Å². The lowest BCUT2D eigenvalue weighted by atomic mass is 10.1. The van der Waals surface area contributed by atoms with E-state index < -0.39 is 18.0 Å². The van der Waals surface area contributed by atoms with Gasteiger partial charge in [0.2, 0.25) is 5.91 Å². The number of aryl methyl sites for hydroxylation is 2. The molecule has 1 unspecified atom stereocenters. The first kappa shape index (κ1) is 24.1. The molecule has 9 heteroatoms. The standard InChI is InChI=1S/C22H27N3O5S/c1-14-6-4-7-15(2)20(14)25-18(26)12-24-21(28)16(3)30-19(27)8-5-10-23-22(29)17-9-11-31-13-17/h4,6-7,9,11,13,16H,5,8,10,12H2,1-3H3,(H,23,29)(H,24,28)(H,25,26). The average Bonchev–Trinajstić information content (AvgIpc) is 3.27. The van der Waals surface area contributed by atoms with Gasteiger partial charge in [0.1, 0.15) is 0 Å². The summed E-state index contributed by atoms with van der Waals surface area (Å²) >= 11 is 1.43. The van der Waals surface area contributed by atoms with Crippen LogP contribution in [-0.4, -0.2) is 42.9 Å². The van der Waals surface area contributed by atoms with Crippen molar-refractivity contribution >= 4 is 40.7 Å². The number of carbonyl (C=O) groups is 4. The highest BCUT2D eigenvalue weighted by atomic mass is 32.1. The van der Waals surface area contributed by atoms with Crippen LogP contribution in [0.2, 0.25) is 0 Å². The van der Waals surface area contributed by atoms with Gasteiger partial charge < -0.3 is 20.7 Å². The Morgan fingerprint density at radius 1 is 1.06 bits per heavy atom. The minimum atomic E-state index is -1.03. The number of para-hydroxylation sites is 1. The van der Waals surface area contributed by atoms with E-state index in [-0.39, 0.29) is 24.8 Å². The summed E-state index contributed by atoms with van der Waals surface area (Å²) in [5, 5.41) is 11.5. The number of rotatable bonds is 10. The van der Waals surface area contributed by atoms with Gasteiger partial charge >= 0.3 is 5.97 Å². The molecule has 1 atom stereocenters. The van der Waals surface area contributed by atoms with Crippen LogP contribution in [0, 0.1) is 13.8 Å². The van der Waals surface area contributed by atoms with Crippen molar-refractivity contribution in [2.45, 2.75) is 39.7 Å². The lowest BCUT2D eigenvalue weighted by molar-refractivity contribution is -0.154. The Balaban J connectivity index is 1.65. The Kier molecular flexibility index (Phi) is 9.20. The number of anilines is 1. The van der Waals surface area contributed by atoms with Crippen molar-refractivity contribution in [1.29, 1.82) is 0 Å². The normalized spacial score (nSPS) is 11.3. The van der Waals surface area contributed by atoms with E-state index >= 15 is 0 Å². The van der Waals surface area contributed by atoms with Crippen LogP contribution in [0.4, 0.5) is 5.69 Å². The third kappa shape index (κ3) is 7.86. The number of amides is 3. The van der Waals surface area contributed by atoms with E-state index in [4.69, 9.17) is 4.74 Å². The number of ether oxygens (including phenoxy) is 1. The summed E-state index contributed by atoms with van der Waals surface area (Å²) in [6, 6.07) is 7.39. The quantitative estimate of drug-likeness (QED) is 0.384. The molecule has 0 bridgehead atoms. The summed E-state index contributed by atoms with van der Waals surface area (Å²) in [5.74, 6) is -1.67. The monoisotopic (exact) mass is 445 g/mol. The van der Waals surface area contributed by atoms with Gasteiger partial charge in [-0.05, 0) is 49.8 Å². The second kappa shape index (κ2) is 11.8. The van der Waals surface area contributed by atoms with Crippen LogP contribution in [0.3, 0.4) is 0 Å². The largest absolute Gasteiger partial charge is 0.453 e. The number of hydrogen-bond donors (Lipinski definition) is 3. The first-order chi connectivity index (χ1) is 14.8. The van der Waals surface area contributed by atoms with Gasteiger partial charge in [-0.1, -0.05) is 18.2 Å². The molecule has 1 heterocycles. The van der Waals surface area contributed by atoms with E-state index in [9.17, 15) is 19.2 Å². The number of carbonyl (C=O) groups excluding carboxylic acids is 4. The summed E-state index contributed by atoms with van der Waals surface area (Å²) in [5.41, 5.74) is 3.15. The van der Waals surface area contributed by atoms with E-state index in [0.717, 1.165) is 11.1 Å². The van der Waals surface area contributed by atoms with E-state index in [1.54, 1.807) is 11.4 Å². The van der Waals surface area contributed by atoms with E-state index in [0.29, 0.717) is 24.2 Å². The highest BCUT2D eigenvalue weighted by Crippen LogP contribution is 2.19. The second-order valence-corrected chi connectivity index (χ2v) is 7.82. The van der Waals surface area contributed by atoms with Crippen LogP contribution >= 0.6 is 11.3 Å². The molecule has 0 aliphatic carbocycles. The molecule has 0 fully saturated rings. The number of thiophene rings is 1. The molecule has 0 aliphatic heterocycles. The zero-order chi connectivity index (χ0) is 22.8. The topological polar surface area (TPSA) is 114 Å². The lowest BCUT2D eigenvalue weighted by Gasteiger charge is -2.15. The molecule has 166 valence electrons. The molecule has 1 aromatic heterocycles. The van der Waals surface area contributed by atoms with E-state index in [1.807, 2.05) is 37.4 Å². The lowest BCUT2D eigenvalue weighted by Crippen LogP contribution is -2.40. The maximum atomic E-state index is 12.1. The minimum Gasteiger partial charge on any atom is -0.453 e.